The summed E-state index contributed by atoms with van der Waals surface area (Å²) in [7, 11) is 0. The zero-order valence-corrected chi connectivity index (χ0v) is 12.8. The summed E-state index contributed by atoms with van der Waals surface area (Å²) in [4.78, 5) is 6.47. The molecule has 1 fully saturated rings. The van der Waals surface area contributed by atoms with Crippen LogP contribution in [-0.2, 0) is 6.54 Å². The lowest BCUT2D eigenvalue weighted by Crippen LogP contribution is -2.21. The normalized spacial score (nSPS) is 18.7. The number of β-amino-alcohol motifs (C(OH)–C–C–N with tert-alkyl or cyclic N) is 1. The number of hydrogen-bond donors (Lipinski definition) is 2. The van der Waals surface area contributed by atoms with Crippen LogP contribution in [0.2, 0.25) is 0 Å². The van der Waals surface area contributed by atoms with E-state index in [-0.39, 0.29) is 12.1 Å². The summed E-state index contributed by atoms with van der Waals surface area (Å²) in [5.41, 5.74) is 9.73. The van der Waals surface area contributed by atoms with E-state index in [1.807, 2.05) is 18.2 Å². The number of fused-ring (bicyclic) bond motifs is 1. The van der Waals surface area contributed by atoms with Crippen molar-refractivity contribution >= 4 is 11.6 Å². The van der Waals surface area contributed by atoms with Crippen LogP contribution in [0.25, 0.3) is 16.9 Å². The van der Waals surface area contributed by atoms with Gasteiger partial charge in [0, 0.05) is 25.2 Å². The third-order valence-corrected chi connectivity index (χ3v) is 4.28. The molecule has 0 unspecified atom stereocenters. The monoisotopic (exact) mass is 309 g/mol. The number of aliphatic hydroxyl groups is 1. The number of likely N-dealkylation sites (tertiary alicyclic amines) is 1. The van der Waals surface area contributed by atoms with Crippen LogP contribution in [0.4, 0.5) is 5.95 Å². The second-order valence-corrected chi connectivity index (χ2v) is 6.03. The lowest BCUT2D eigenvalue weighted by atomic mass is 10.1. The molecule has 118 valence electrons. The largest absolute Gasteiger partial charge is 0.392 e. The van der Waals surface area contributed by atoms with Crippen LogP contribution in [0.5, 0.6) is 0 Å². The van der Waals surface area contributed by atoms with E-state index in [0.29, 0.717) is 0 Å². The Hall–Kier alpha value is -2.44. The highest BCUT2D eigenvalue weighted by Crippen LogP contribution is 2.22. The molecule has 0 radical (unpaired) electrons. The fourth-order valence-corrected chi connectivity index (χ4v) is 3.14. The first kappa shape index (κ1) is 14.2. The average molecular weight is 309 g/mol. The molecular weight excluding hydrogens is 290 g/mol. The average Bonchev–Trinajstić information content (AvgIpc) is 3.12. The third-order valence-electron chi connectivity index (χ3n) is 4.28. The number of nitrogen functional groups attached to an aromatic ring is 1. The van der Waals surface area contributed by atoms with Crippen molar-refractivity contribution in [2.24, 2.45) is 0 Å². The van der Waals surface area contributed by atoms with E-state index < -0.39 is 0 Å². The van der Waals surface area contributed by atoms with Gasteiger partial charge in [0.05, 0.1) is 11.8 Å². The van der Waals surface area contributed by atoms with E-state index in [4.69, 9.17) is 5.73 Å². The molecule has 0 amide bonds. The summed E-state index contributed by atoms with van der Waals surface area (Å²) in [5, 5.41) is 13.9. The molecule has 0 saturated carbocycles. The predicted molar refractivity (Wildman–Crippen MR) is 88.7 cm³/mol. The highest BCUT2D eigenvalue weighted by molar-refractivity contribution is 5.63. The van der Waals surface area contributed by atoms with Crippen LogP contribution in [0.15, 0.2) is 42.5 Å². The van der Waals surface area contributed by atoms with Crippen molar-refractivity contribution < 1.29 is 5.11 Å². The van der Waals surface area contributed by atoms with Crippen molar-refractivity contribution in [3.63, 3.8) is 0 Å². The second-order valence-electron chi connectivity index (χ2n) is 6.03. The van der Waals surface area contributed by atoms with E-state index >= 15 is 0 Å². The molecule has 23 heavy (non-hydrogen) atoms. The van der Waals surface area contributed by atoms with Gasteiger partial charge >= 0.3 is 0 Å². The van der Waals surface area contributed by atoms with Crippen molar-refractivity contribution in [1.29, 1.82) is 0 Å². The number of aromatic nitrogens is 3. The Kier molecular flexibility index (Phi) is 3.48. The minimum Gasteiger partial charge on any atom is -0.392 e. The van der Waals surface area contributed by atoms with Gasteiger partial charge in [-0.05, 0) is 24.1 Å². The van der Waals surface area contributed by atoms with Gasteiger partial charge in [0.25, 0.3) is 0 Å². The summed E-state index contributed by atoms with van der Waals surface area (Å²) in [5.74, 6) is 0.279. The molecule has 0 aliphatic carbocycles. The summed E-state index contributed by atoms with van der Waals surface area (Å²) in [6.45, 7) is 2.59. The van der Waals surface area contributed by atoms with E-state index in [2.05, 4.69) is 39.2 Å². The Bertz CT molecular complexity index is 827. The topological polar surface area (TPSA) is 79.7 Å². The van der Waals surface area contributed by atoms with Crippen molar-refractivity contribution in [3.8, 4) is 11.3 Å². The maximum absolute atomic E-state index is 9.61. The number of nitrogens with two attached hydrogens (primary N) is 1. The van der Waals surface area contributed by atoms with Gasteiger partial charge in [-0.25, -0.2) is 4.52 Å². The molecule has 3 aromatic rings. The van der Waals surface area contributed by atoms with Crippen molar-refractivity contribution in [1.82, 2.24) is 19.5 Å². The molecule has 0 bridgehead atoms. The second kappa shape index (κ2) is 5.64. The molecule has 1 saturated heterocycles. The van der Waals surface area contributed by atoms with Crippen LogP contribution < -0.4 is 5.73 Å². The zero-order chi connectivity index (χ0) is 15.8. The van der Waals surface area contributed by atoms with Crippen molar-refractivity contribution in [2.75, 3.05) is 18.8 Å². The van der Waals surface area contributed by atoms with Gasteiger partial charge in [0.1, 0.15) is 0 Å². The van der Waals surface area contributed by atoms with Crippen LogP contribution in [0.3, 0.4) is 0 Å². The quantitative estimate of drug-likeness (QED) is 0.767. The Morgan fingerprint density at radius 3 is 2.74 bits per heavy atom. The van der Waals surface area contributed by atoms with E-state index in [0.717, 1.165) is 43.0 Å². The number of benzene rings is 1. The molecule has 4 rings (SSSR count). The molecular formula is C17H19N5O. The Labute approximate surface area is 134 Å². The van der Waals surface area contributed by atoms with E-state index in [1.54, 1.807) is 4.52 Å². The fourth-order valence-electron chi connectivity index (χ4n) is 3.14. The lowest BCUT2D eigenvalue weighted by molar-refractivity contribution is 0.175. The van der Waals surface area contributed by atoms with Crippen molar-refractivity contribution in [2.45, 2.75) is 19.1 Å². The number of hydrogen-bond acceptors (Lipinski definition) is 5. The zero-order valence-electron chi connectivity index (χ0n) is 12.8. The first-order valence-corrected chi connectivity index (χ1v) is 7.80. The van der Waals surface area contributed by atoms with Gasteiger partial charge in [0.2, 0.25) is 5.95 Å². The van der Waals surface area contributed by atoms with Crippen LogP contribution in [0, 0.1) is 0 Å². The van der Waals surface area contributed by atoms with Gasteiger partial charge in [-0.2, -0.15) is 4.98 Å². The van der Waals surface area contributed by atoms with E-state index in [1.165, 1.54) is 5.56 Å². The van der Waals surface area contributed by atoms with Gasteiger partial charge in [-0.15, -0.1) is 5.10 Å². The van der Waals surface area contributed by atoms with Crippen LogP contribution in [0.1, 0.15) is 12.0 Å². The number of anilines is 1. The molecule has 1 aliphatic rings. The molecule has 3 N–H and O–H groups in total. The molecule has 1 atom stereocenters. The van der Waals surface area contributed by atoms with Gasteiger partial charge in [-0.1, -0.05) is 30.3 Å². The highest BCUT2D eigenvalue weighted by atomic mass is 16.3. The molecule has 1 aliphatic heterocycles. The van der Waals surface area contributed by atoms with Crippen LogP contribution in [-0.4, -0.2) is 43.8 Å². The maximum atomic E-state index is 9.61. The first-order valence-electron chi connectivity index (χ1n) is 7.80. The number of nitrogens with zero attached hydrogens (tertiary/aromatic N) is 4. The SMILES string of the molecule is Nc1nc2cccc(-c3ccc(CN4CC[C@H](O)C4)cc3)n2n1. The molecule has 3 heterocycles. The minimum absolute atomic E-state index is 0.176. The number of rotatable bonds is 3. The van der Waals surface area contributed by atoms with Crippen molar-refractivity contribution in [3.05, 3.63) is 48.0 Å². The van der Waals surface area contributed by atoms with Crippen LogP contribution >= 0.6 is 0 Å². The highest BCUT2D eigenvalue weighted by Gasteiger charge is 2.19. The van der Waals surface area contributed by atoms with Gasteiger partial charge in [-0.3, -0.25) is 4.90 Å². The third kappa shape index (κ3) is 2.78. The summed E-state index contributed by atoms with van der Waals surface area (Å²) < 4.78 is 1.77. The predicted octanol–water partition coefficient (Wildman–Crippen LogP) is 1.55. The van der Waals surface area contributed by atoms with Gasteiger partial charge < -0.3 is 10.8 Å². The summed E-state index contributed by atoms with van der Waals surface area (Å²) in [6, 6.07) is 14.3. The fraction of sp³-hybridized carbons (Fsp3) is 0.294. The number of pyridine rings is 1. The van der Waals surface area contributed by atoms with E-state index in [9.17, 15) is 5.11 Å². The Balaban J connectivity index is 1.60. The lowest BCUT2D eigenvalue weighted by Gasteiger charge is -2.15. The molecule has 0 spiro atoms. The minimum atomic E-state index is -0.176. The summed E-state index contributed by atoms with van der Waals surface area (Å²) in [6.07, 6.45) is 0.693. The standard InChI is InChI=1S/C17H19N5O/c18-17-19-16-3-1-2-15(22(16)20-17)13-6-4-12(5-7-13)10-21-9-8-14(23)11-21/h1-7,14,23H,8-11H2,(H2,18,20)/t14-/m0/s1. The summed E-state index contributed by atoms with van der Waals surface area (Å²) >= 11 is 0. The smallest absolute Gasteiger partial charge is 0.240 e. The Morgan fingerprint density at radius 1 is 1.17 bits per heavy atom. The molecule has 6 nitrogen and oxygen atoms in total. The maximum Gasteiger partial charge on any atom is 0.240 e. The Morgan fingerprint density at radius 2 is 2.00 bits per heavy atom. The molecule has 6 heteroatoms. The van der Waals surface area contributed by atoms with Gasteiger partial charge in [0.15, 0.2) is 5.65 Å². The molecule has 1 aromatic carbocycles. The number of aliphatic hydroxyl groups excluding tert-OH is 1. The molecule has 2 aromatic heterocycles. The first-order chi connectivity index (χ1) is 11.2.